The minimum atomic E-state index is 0.104. The van der Waals surface area contributed by atoms with E-state index >= 15 is 0 Å². The van der Waals surface area contributed by atoms with Gasteiger partial charge in [0.2, 0.25) is 0 Å². The second kappa shape index (κ2) is 5.31. The topological polar surface area (TPSA) is 62.2 Å². The molecule has 0 aromatic heterocycles. The molecule has 24 heavy (non-hydrogen) atoms. The van der Waals surface area contributed by atoms with Crippen LogP contribution in [0, 0.1) is 0 Å². The molecule has 2 aliphatic rings. The normalized spacial score (nSPS) is 18.7. The molecule has 0 unspecified atom stereocenters. The predicted octanol–water partition coefficient (Wildman–Crippen LogP) is 2.87. The van der Waals surface area contributed by atoms with Gasteiger partial charge in [0.05, 0.1) is 14.2 Å². The number of benzene rings is 2. The Balaban J connectivity index is 2.11. The SMILES string of the molecule is COc1ccc2c(c1O)-c1c(OC)c(O)cc3c1[C@@H](C2)N(C)CC3. The molecule has 0 amide bonds. The van der Waals surface area contributed by atoms with Crippen LogP contribution in [0.15, 0.2) is 18.2 Å². The van der Waals surface area contributed by atoms with Crippen molar-refractivity contribution in [2.24, 2.45) is 0 Å². The van der Waals surface area contributed by atoms with Gasteiger partial charge in [-0.05, 0) is 48.7 Å². The number of methoxy groups -OCH3 is 2. The van der Waals surface area contributed by atoms with Crippen LogP contribution >= 0.6 is 0 Å². The van der Waals surface area contributed by atoms with Crippen molar-refractivity contribution in [3.63, 3.8) is 0 Å². The van der Waals surface area contributed by atoms with Gasteiger partial charge in [0, 0.05) is 23.7 Å². The van der Waals surface area contributed by atoms with Crippen molar-refractivity contribution in [2.75, 3.05) is 27.8 Å². The van der Waals surface area contributed by atoms with Crippen LogP contribution in [0.2, 0.25) is 0 Å². The van der Waals surface area contributed by atoms with Crippen molar-refractivity contribution in [3.05, 3.63) is 34.9 Å². The summed E-state index contributed by atoms with van der Waals surface area (Å²) < 4.78 is 10.8. The minimum absolute atomic E-state index is 0.104. The van der Waals surface area contributed by atoms with Crippen LogP contribution < -0.4 is 9.47 Å². The third-order valence-electron chi connectivity index (χ3n) is 5.30. The molecule has 2 aromatic carbocycles. The molecule has 1 aliphatic carbocycles. The molecule has 0 radical (unpaired) electrons. The highest BCUT2D eigenvalue weighted by Crippen LogP contribution is 2.55. The van der Waals surface area contributed by atoms with E-state index in [1.807, 2.05) is 6.07 Å². The monoisotopic (exact) mass is 327 g/mol. The Morgan fingerprint density at radius 2 is 1.88 bits per heavy atom. The third-order valence-corrected chi connectivity index (χ3v) is 5.30. The number of hydrogen-bond acceptors (Lipinski definition) is 5. The smallest absolute Gasteiger partial charge is 0.168 e. The number of nitrogens with zero attached hydrogens (tertiary/aromatic N) is 1. The zero-order valence-corrected chi connectivity index (χ0v) is 14.1. The molecule has 2 N–H and O–H groups in total. The Morgan fingerprint density at radius 1 is 1.08 bits per heavy atom. The van der Waals surface area contributed by atoms with Gasteiger partial charge in [0.25, 0.3) is 0 Å². The highest BCUT2D eigenvalue weighted by Gasteiger charge is 2.37. The first-order valence-electron chi connectivity index (χ1n) is 8.09. The quantitative estimate of drug-likeness (QED) is 0.888. The van der Waals surface area contributed by atoms with Crippen LogP contribution in [0.5, 0.6) is 23.0 Å². The summed E-state index contributed by atoms with van der Waals surface area (Å²) in [5.41, 5.74) is 4.81. The minimum Gasteiger partial charge on any atom is -0.504 e. The van der Waals surface area contributed by atoms with Crippen molar-refractivity contribution in [2.45, 2.75) is 18.9 Å². The van der Waals surface area contributed by atoms with Crippen molar-refractivity contribution in [1.82, 2.24) is 4.90 Å². The molecule has 1 aliphatic heterocycles. The van der Waals surface area contributed by atoms with Crippen LogP contribution in [-0.4, -0.2) is 42.9 Å². The molecule has 2 aromatic rings. The number of fused-ring (bicyclic) bond motifs is 2. The van der Waals surface area contributed by atoms with Crippen molar-refractivity contribution < 1.29 is 19.7 Å². The summed E-state index contributed by atoms with van der Waals surface area (Å²) in [6, 6.07) is 5.80. The molecule has 0 bridgehead atoms. The number of likely N-dealkylation sites (N-methyl/N-ethyl adjacent to an activating group) is 1. The van der Waals surface area contributed by atoms with Gasteiger partial charge >= 0.3 is 0 Å². The average molecular weight is 327 g/mol. The third kappa shape index (κ3) is 1.91. The molecular formula is C19H21NO4. The zero-order valence-electron chi connectivity index (χ0n) is 14.1. The Hall–Kier alpha value is -2.40. The van der Waals surface area contributed by atoms with E-state index in [-0.39, 0.29) is 17.5 Å². The maximum atomic E-state index is 10.8. The Kier molecular flexibility index (Phi) is 3.35. The molecule has 0 saturated heterocycles. The molecule has 0 fully saturated rings. The van der Waals surface area contributed by atoms with Gasteiger partial charge in [0.1, 0.15) is 0 Å². The van der Waals surface area contributed by atoms with Crippen molar-refractivity contribution >= 4 is 0 Å². The van der Waals surface area contributed by atoms with E-state index in [2.05, 4.69) is 11.9 Å². The lowest BCUT2D eigenvalue weighted by atomic mass is 9.76. The van der Waals surface area contributed by atoms with Gasteiger partial charge in [-0.3, -0.25) is 4.90 Å². The molecule has 1 heterocycles. The molecule has 126 valence electrons. The van der Waals surface area contributed by atoms with Crippen molar-refractivity contribution in [1.29, 1.82) is 0 Å². The number of aromatic hydroxyl groups is 2. The molecule has 5 nitrogen and oxygen atoms in total. The van der Waals surface area contributed by atoms with Crippen LogP contribution in [0.4, 0.5) is 0 Å². The van der Waals surface area contributed by atoms with Crippen LogP contribution in [0.25, 0.3) is 11.1 Å². The first kappa shape index (κ1) is 15.1. The summed E-state index contributed by atoms with van der Waals surface area (Å²) in [6.45, 7) is 0.945. The summed E-state index contributed by atoms with van der Waals surface area (Å²) in [5.74, 6) is 1.06. The van der Waals surface area contributed by atoms with Crippen LogP contribution in [-0.2, 0) is 12.8 Å². The lowest BCUT2D eigenvalue weighted by molar-refractivity contribution is 0.226. The Bertz CT molecular complexity index is 831. The van der Waals surface area contributed by atoms with Gasteiger partial charge < -0.3 is 19.7 Å². The highest BCUT2D eigenvalue weighted by atomic mass is 16.5. The van der Waals surface area contributed by atoms with E-state index < -0.39 is 0 Å². The summed E-state index contributed by atoms with van der Waals surface area (Å²) in [5, 5.41) is 21.2. The number of phenolic OH excluding ortho intramolecular Hbond substituents is 2. The Labute approximate surface area is 141 Å². The largest absolute Gasteiger partial charge is 0.504 e. The number of rotatable bonds is 2. The summed E-state index contributed by atoms with van der Waals surface area (Å²) in [6.07, 6.45) is 1.68. The van der Waals surface area contributed by atoms with Gasteiger partial charge in [0.15, 0.2) is 23.0 Å². The van der Waals surface area contributed by atoms with Crippen LogP contribution in [0.3, 0.4) is 0 Å². The average Bonchev–Trinajstić information content (AvgIpc) is 2.58. The fourth-order valence-electron chi connectivity index (χ4n) is 4.13. The van der Waals surface area contributed by atoms with E-state index in [1.54, 1.807) is 19.2 Å². The zero-order chi connectivity index (χ0) is 17.0. The number of ether oxygens (including phenoxy) is 2. The van der Waals surface area contributed by atoms with Crippen molar-refractivity contribution in [3.8, 4) is 34.1 Å². The molecule has 1 atom stereocenters. The summed E-state index contributed by atoms with van der Waals surface area (Å²) >= 11 is 0. The Morgan fingerprint density at radius 3 is 2.58 bits per heavy atom. The fraction of sp³-hybridized carbons (Fsp3) is 0.368. The molecular weight excluding hydrogens is 306 g/mol. The van der Waals surface area contributed by atoms with Gasteiger partial charge in [-0.1, -0.05) is 6.07 Å². The number of hydrogen-bond donors (Lipinski definition) is 2. The second-order valence-electron chi connectivity index (χ2n) is 6.48. The van der Waals surface area contributed by atoms with E-state index in [9.17, 15) is 10.2 Å². The van der Waals surface area contributed by atoms with E-state index in [0.717, 1.165) is 41.6 Å². The molecule has 0 spiro atoms. The molecule has 5 heteroatoms. The van der Waals surface area contributed by atoms with Gasteiger partial charge in [-0.15, -0.1) is 0 Å². The van der Waals surface area contributed by atoms with E-state index in [4.69, 9.17) is 9.47 Å². The first-order valence-corrected chi connectivity index (χ1v) is 8.09. The van der Waals surface area contributed by atoms with E-state index in [0.29, 0.717) is 17.1 Å². The number of phenols is 2. The molecule has 0 saturated carbocycles. The lowest BCUT2D eigenvalue weighted by Gasteiger charge is -2.40. The van der Waals surface area contributed by atoms with Crippen LogP contribution in [0.1, 0.15) is 22.7 Å². The maximum Gasteiger partial charge on any atom is 0.168 e. The standard InChI is InChI=1S/C19H21NO4/c1-20-7-6-11-9-13(21)19(24-3)17-15(11)12(20)8-10-4-5-14(23-2)18(22)16(10)17/h4-5,9,12,21-22H,6-8H2,1-3H3/t12-/m1/s1. The fourth-order valence-corrected chi connectivity index (χ4v) is 4.13. The molecule has 4 rings (SSSR count). The lowest BCUT2D eigenvalue weighted by Crippen LogP contribution is -2.35. The predicted molar refractivity (Wildman–Crippen MR) is 91.1 cm³/mol. The van der Waals surface area contributed by atoms with Gasteiger partial charge in [-0.2, -0.15) is 0 Å². The maximum absolute atomic E-state index is 10.8. The summed E-state index contributed by atoms with van der Waals surface area (Å²) in [4.78, 5) is 2.33. The second-order valence-corrected chi connectivity index (χ2v) is 6.48. The van der Waals surface area contributed by atoms with Gasteiger partial charge in [-0.25, -0.2) is 0 Å². The van der Waals surface area contributed by atoms with E-state index in [1.165, 1.54) is 7.11 Å². The highest BCUT2D eigenvalue weighted by molar-refractivity contribution is 5.88. The summed E-state index contributed by atoms with van der Waals surface area (Å²) in [7, 11) is 5.20. The first-order chi connectivity index (χ1) is 11.6.